The number of aliphatic carboxylic acids is 1. The van der Waals surface area contributed by atoms with Gasteiger partial charge in [0.15, 0.2) is 12.1 Å². The molecule has 0 saturated carbocycles. The van der Waals surface area contributed by atoms with E-state index in [0.29, 0.717) is 16.2 Å². The first-order valence-electron chi connectivity index (χ1n) is 11.6. The zero-order valence-electron chi connectivity index (χ0n) is 21.1. The van der Waals surface area contributed by atoms with E-state index in [-0.39, 0.29) is 24.6 Å². The van der Waals surface area contributed by atoms with Gasteiger partial charge in [-0.25, -0.2) is 24.0 Å². The zero-order valence-corrected chi connectivity index (χ0v) is 21.1. The van der Waals surface area contributed by atoms with Crippen LogP contribution in [0.1, 0.15) is 11.1 Å². The molecule has 0 saturated heterocycles. The van der Waals surface area contributed by atoms with Gasteiger partial charge in [-0.05, 0) is 11.1 Å². The van der Waals surface area contributed by atoms with Crippen molar-refractivity contribution >= 4 is 30.4 Å². The lowest BCUT2D eigenvalue weighted by Crippen LogP contribution is -2.50. The normalized spacial score (nSPS) is 11.9. The van der Waals surface area contributed by atoms with Gasteiger partial charge in [0, 0.05) is 0 Å². The maximum Gasteiger partial charge on any atom is 0.435 e. The summed E-state index contributed by atoms with van der Waals surface area (Å²) in [4.78, 5) is 69.8. The predicted molar refractivity (Wildman–Crippen MR) is 130 cm³/mol. The van der Waals surface area contributed by atoms with Gasteiger partial charge in [0.25, 0.3) is 0 Å². The number of rotatable bonds is 16. The molecule has 0 aromatic heterocycles. The molecule has 0 unspecified atom stereocenters. The van der Waals surface area contributed by atoms with Crippen LogP contribution in [-0.2, 0) is 51.5 Å². The number of carboxylic acid groups (broad SMARTS) is 1. The molecule has 2 rings (SSSR count). The number of carboxylic acids is 1. The first-order chi connectivity index (χ1) is 19.3. The van der Waals surface area contributed by atoms with Gasteiger partial charge in [0.1, 0.15) is 26.1 Å². The van der Waals surface area contributed by atoms with Crippen LogP contribution in [0.5, 0.6) is 0 Å². The van der Waals surface area contributed by atoms with Crippen LogP contribution in [-0.4, -0.2) is 94.6 Å². The molecule has 0 heterocycles. The average Bonchev–Trinajstić information content (AvgIpc) is 2.97. The minimum absolute atomic E-state index is 0.154. The number of amides is 2. The maximum absolute atomic E-state index is 12.6. The van der Waals surface area contributed by atoms with Crippen molar-refractivity contribution in [3.63, 3.8) is 0 Å². The van der Waals surface area contributed by atoms with Gasteiger partial charge in [-0.1, -0.05) is 60.7 Å². The van der Waals surface area contributed by atoms with Crippen LogP contribution < -0.4 is 0 Å². The highest BCUT2D eigenvalue weighted by Crippen LogP contribution is 2.11. The van der Waals surface area contributed by atoms with Crippen LogP contribution in [0.4, 0.5) is 9.59 Å². The fourth-order valence-electron chi connectivity index (χ4n) is 2.95. The van der Waals surface area contributed by atoms with Crippen molar-refractivity contribution in [1.82, 2.24) is 10.1 Å². The van der Waals surface area contributed by atoms with Crippen molar-refractivity contribution in [2.45, 2.75) is 25.3 Å². The fraction of sp³-hybridized carbons (Fsp3) is 0.320. The summed E-state index contributed by atoms with van der Waals surface area (Å²) in [6.07, 6.45) is -2.28. The number of esters is 1. The van der Waals surface area contributed by atoms with Crippen molar-refractivity contribution in [3.8, 4) is 0 Å². The molecule has 15 heteroatoms. The number of aliphatic hydroxyl groups excluding tert-OH is 2. The molecule has 15 nitrogen and oxygen atoms in total. The molecule has 0 spiro atoms. The first kappa shape index (κ1) is 31.6. The Labute approximate surface area is 227 Å². The average molecular weight is 565 g/mol. The largest absolute Gasteiger partial charge is 0.480 e. The summed E-state index contributed by atoms with van der Waals surface area (Å²) < 4.78 is 14.9. The highest BCUT2D eigenvalue weighted by molar-refractivity contribution is 5.81. The van der Waals surface area contributed by atoms with Gasteiger partial charge in [-0.15, -0.1) is 0 Å². The second-order valence-electron chi connectivity index (χ2n) is 7.64. The number of hydrogen-bond acceptors (Lipinski definition) is 12. The standard InChI is InChI=1S/C25H28N2O13/c28-11-12-39-27(25(35)37-16-19-9-5-2-6-10-19)21(14-30)23(33)38-17-40-26(20(13-29)22(31)32)24(34)36-15-18-7-3-1-4-8-18/h1-11,20-21,29-30H,12-17H2,(H,31,32)/t20-,21-/m1/s1. The number of benzene rings is 2. The Morgan fingerprint density at radius 2 is 1.20 bits per heavy atom. The Hall–Kier alpha value is -4.57. The number of ether oxygens (including phenoxy) is 3. The minimum Gasteiger partial charge on any atom is -0.480 e. The van der Waals surface area contributed by atoms with Crippen molar-refractivity contribution in [1.29, 1.82) is 0 Å². The third-order valence-corrected chi connectivity index (χ3v) is 4.91. The summed E-state index contributed by atoms with van der Waals surface area (Å²) in [5.74, 6) is -2.99. The van der Waals surface area contributed by atoms with Gasteiger partial charge < -0.3 is 34.3 Å². The van der Waals surface area contributed by atoms with E-state index in [0.717, 1.165) is 0 Å². The van der Waals surface area contributed by atoms with E-state index in [2.05, 4.69) is 0 Å². The monoisotopic (exact) mass is 564 g/mol. The van der Waals surface area contributed by atoms with Crippen molar-refractivity contribution in [2.75, 3.05) is 26.6 Å². The zero-order chi connectivity index (χ0) is 29.3. The third kappa shape index (κ3) is 9.95. The molecule has 0 aliphatic carbocycles. The molecule has 40 heavy (non-hydrogen) atoms. The molecule has 216 valence electrons. The molecular formula is C25H28N2O13. The van der Waals surface area contributed by atoms with E-state index in [1.54, 1.807) is 60.7 Å². The molecule has 0 aliphatic rings. The van der Waals surface area contributed by atoms with E-state index in [9.17, 15) is 39.3 Å². The number of aliphatic hydroxyl groups is 2. The Balaban J connectivity index is 2.04. The van der Waals surface area contributed by atoms with Crippen LogP contribution in [0.2, 0.25) is 0 Å². The molecular weight excluding hydrogens is 536 g/mol. The van der Waals surface area contributed by atoms with Crippen LogP contribution >= 0.6 is 0 Å². The summed E-state index contributed by atoms with van der Waals surface area (Å²) in [5.41, 5.74) is 1.16. The highest BCUT2D eigenvalue weighted by Gasteiger charge is 2.35. The van der Waals surface area contributed by atoms with Crippen molar-refractivity contribution in [3.05, 3.63) is 71.8 Å². The smallest absolute Gasteiger partial charge is 0.435 e. The lowest BCUT2D eigenvalue weighted by molar-refractivity contribution is -0.236. The number of carbonyl (C=O) groups excluding carboxylic acids is 4. The van der Waals surface area contributed by atoms with E-state index >= 15 is 0 Å². The van der Waals surface area contributed by atoms with Crippen LogP contribution in [0.3, 0.4) is 0 Å². The van der Waals surface area contributed by atoms with E-state index < -0.39 is 62.8 Å². The van der Waals surface area contributed by atoms with Gasteiger partial charge in [-0.3, -0.25) is 4.84 Å². The third-order valence-electron chi connectivity index (χ3n) is 4.91. The molecule has 0 radical (unpaired) electrons. The number of aldehydes is 1. The number of carbonyl (C=O) groups is 5. The topological polar surface area (TPSA) is 199 Å². The quantitative estimate of drug-likeness (QED) is 0.0844. The second-order valence-corrected chi connectivity index (χ2v) is 7.64. The molecule has 0 fully saturated rings. The summed E-state index contributed by atoms with van der Waals surface area (Å²) in [7, 11) is 0. The molecule has 0 bridgehead atoms. The van der Waals surface area contributed by atoms with Crippen LogP contribution in [0, 0.1) is 0 Å². The van der Waals surface area contributed by atoms with Crippen LogP contribution in [0.15, 0.2) is 60.7 Å². The summed E-state index contributed by atoms with van der Waals surface area (Å²) >= 11 is 0. The van der Waals surface area contributed by atoms with Gasteiger partial charge in [0.2, 0.25) is 6.79 Å². The van der Waals surface area contributed by atoms with Crippen molar-refractivity contribution in [2.24, 2.45) is 0 Å². The summed E-state index contributed by atoms with van der Waals surface area (Å²) in [5, 5.41) is 28.9. The van der Waals surface area contributed by atoms with E-state index in [4.69, 9.17) is 23.9 Å². The Kier molecular flexibility index (Phi) is 13.5. The first-order valence-corrected chi connectivity index (χ1v) is 11.6. The molecule has 2 amide bonds. The van der Waals surface area contributed by atoms with E-state index in [1.807, 2.05) is 0 Å². The fourth-order valence-corrected chi connectivity index (χ4v) is 2.95. The molecule has 3 N–H and O–H groups in total. The second kappa shape index (κ2) is 17.1. The maximum atomic E-state index is 12.6. The summed E-state index contributed by atoms with van der Waals surface area (Å²) in [6.45, 7) is -4.41. The lowest BCUT2D eigenvalue weighted by Gasteiger charge is -2.28. The predicted octanol–water partition coefficient (Wildman–Crippen LogP) is 0.633. The lowest BCUT2D eigenvalue weighted by atomic mass is 10.2. The van der Waals surface area contributed by atoms with Crippen LogP contribution in [0.25, 0.3) is 0 Å². The number of hydroxylamine groups is 4. The van der Waals surface area contributed by atoms with Gasteiger partial charge >= 0.3 is 24.1 Å². The molecule has 2 aromatic rings. The molecule has 2 aromatic carbocycles. The number of hydrogen-bond donors (Lipinski definition) is 3. The highest BCUT2D eigenvalue weighted by atomic mass is 16.8. The number of nitrogens with zero attached hydrogens (tertiary/aromatic N) is 2. The van der Waals surface area contributed by atoms with Gasteiger partial charge in [-0.2, -0.15) is 10.1 Å². The van der Waals surface area contributed by atoms with E-state index in [1.165, 1.54) is 0 Å². The van der Waals surface area contributed by atoms with Crippen molar-refractivity contribution < 1.29 is 63.2 Å². The van der Waals surface area contributed by atoms with Gasteiger partial charge in [0.05, 0.1) is 13.2 Å². The SMILES string of the molecule is O=CCON(C(=O)OCc1ccccc1)[C@H](CO)C(=O)OCON(C(=O)OCc1ccccc1)[C@H](CO)C(=O)O. The summed E-state index contributed by atoms with van der Waals surface area (Å²) in [6, 6.07) is 13.0. The minimum atomic E-state index is -1.93. The Morgan fingerprint density at radius 1 is 0.725 bits per heavy atom. The molecule has 0 aliphatic heterocycles. The molecule has 2 atom stereocenters. The Morgan fingerprint density at radius 3 is 1.62 bits per heavy atom. The Bertz CT molecular complexity index is 1100.